The number of piperazine rings is 2. The minimum atomic E-state index is 0.000394. The Hall–Kier alpha value is -2.94. The summed E-state index contributed by atoms with van der Waals surface area (Å²) in [6, 6.07) is 14.1. The molecule has 8 heteroatoms. The predicted molar refractivity (Wildman–Crippen MR) is 147 cm³/mol. The van der Waals surface area contributed by atoms with Crippen LogP contribution in [0.15, 0.2) is 42.5 Å². The Kier molecular flexibility index (Phi) is 8.96. The fourth-order valence-corrected chi connectivity index (χ4v) is 4.87. The van der Waals surface area contributed by atoms with Crippen LogP contribution in [0.1, 0.15) is 18.1 Å². The average Bonchev–Trinajstić information content (AvgIpc) is 2.88. The molecule has 2 saturated heterocycles. The van der Waals surface area contributed by atoms with E-state index in [-0.39, 0.29) is 11.8 Å². The molecule has 0 unspecified atom stereocenters. The highest BCUT2D eigenvalue weighted by molar-refractivity contribution is 5.93. The molecule has 194 valence electrons. The predicted octanol–water partition coefficient (Wildman–Crippen LogP) is 2.64. The molecule has 2 aliphatic heterocycles. The molecule has 0 atom stereocenters. The maximum absolute atomic E-state index is 12.6. The molecule has 0 radical (unpaired) electrons. The van der Waals surface area contributed by atoms with Crippen LogP contribution in [-0.4, -0.2) is 98.5 Å². The molecule has 2 aromatic carbocycles. The second kappa shape index (κ2) is 12.3. The first-order chi connectivity index (χ1) is 17.4. The third-order valence-corrected chi connectivity index (χ3v) is 7.41. The number of amides is 2. The van der Waals surface area contributed by atoms with Crippen LogP contribution >= 0.6 is 0 Å². The van der Waals surface area contributed by atoms with Gasteiger partial charge in [0, 0.05) is 69.4 Å². The van der Waals surface area contributed by atoms with Crippen LogP contribution in [0.5, 0.6) is 0 Å². The van der Waals surface area contributed by atoms with Crippen molar-refractivity contribution in [1.29, 1.82) is 0 Å². The van der Waals surface area contributed by atoms with E-state index in [0.717, 1.165) is 75.8 Å². The van der Waals surface area contributed by atoms with Crippen molar-refractivity contribution in [1.82, 2.24) is 14.7 Å². The van der Waals surface area contributed by atoms with Gasteiger partial charge in [-0.25, -0.2) is 0 Å². The zero-order chi connectivity index (χ0) is 25.5. The van der Waals surface area contributed by atoms with Crippen LogP contribution in [0.3, 0.4) is 0 Å². The molecule has 36 heavy (non-hydrogen) atoms. The van der Waals surface area contributed by atoms with Crippen molar-refractivity contribution in [2.45, 2.75) is 20.8 Å². The molecule has 2 heterocycles. The number of anilines is 3. The van der Waals surface area contributed by atoms with Crippen LogP contribution in [0.2, 0.25) is 0 Å². The molecule has 0 aromatic heterocycles. The largest absolute Gasteiger partial charge is 0.369 e. The molecule has 0 bridgehead atoms. The van der Waals surface area contributed by atoms with Gasteiger partial charge in [0.15, 0.2) is 0 Å². The van der Waals surface area contributed by atoms with E-state index in [9.17, 15) is 9.59 Å². The number of hydrogen-bond acceptors (Lipinski definition) is 6. The zero-order valence-electron chi connectivity index (χ0n) is 21.9. The number of carbonyl (C=O) groups is 2. The number of benzene rings is 2. The standard InChI is InChI=1S/C28H40N6O2/c1-4-31-16-18-34(19-17-31)25-10-8-24(9-11-25)29-27(35)20-32-12-14-33(15-13-32)21-28(36)30-26-7-5-6-22(2)23(26)3/h5-11H,4,12-21H2,1-3H3,(H,29,35)(H,30,36). The molecule has 2 N–H and O–H groups in total. The Morgan fingerprint density at radius 3 is 1.86 bits per heavy atom. The third kappa shape index (κ3) is 7.06. The molecular weight excluding hydrogens is 452 g/mol. The van der Waals surface area contributed by atoms with E-state index in [1.807, 2.05) is 44.2 Å². The molecule has 2 fully saturated rings. The lowest BCUT2D eigenvalue weighted by atomic mass is 10.1. The maximum Gasteiger partial charge on any atom is 0.238 e. The van der Waals surface area contributed by atoms with Crippen LogP contribution < -0.4 is 15.5 Å². The molecular formula is C28H40N6O2. The molecule has 8 nitrogen and oxygen atoms in total. The van der Waals surface area contributed by atoms with Gasteiger partial charge in [-0.1, -0.05) is 19.1 Å². The van der Waals surface area contributed by atoms with Crippen molar-refractivity contribution in [2.75, 3.05) is 87.5 Å². The fraction of sp³-hybridized carbons (Fsp3) is 0.500. The Balaban J connectivity index is 1.16. The first kappa shape index (κ1) is 26.1. The normalized spacial score (nSPS) is 17.7. The summed E-state index contributed by atoms with van der Waals surface area (Å²) in [7, 11) is 0. The summed E-state index contributed by atoms with van der Waals surface area (Å²) < 4.78 is 0. The summed E-state index contributed by atoms with van der Waals surface area (Å²) in [5.74, 6) is 0.00556. The monoisotopic (exact) mass is 492 g/mol. The lowest BCUT2D eigenvalue weighted by molar-refractivity contribution is -0.120. The van der Waals surface area contributed by atoms with Gasteiger partial charge in [-0.05, 0) is 61.9 Å². The van der Waals surface area contributed by atoms with E-state index in [4.69, 9.17) is 0 Å². The smallest absolute Gasteiger partial charge is 0.238 e. The molecule has 2 aromatic rings. The molecule has 0 aliphatic carbocycles. The Bertz CT molecular complexity index is 1020. The Morgan fingerprint density at radius 2 is 1.28 bits per heavy atom. The van der Waals surface area contributed by atoms with E-state index in [1.54, 1.807) is 0 Å². The van der Waals surface area contributed by atoms with Gasteiger partial charge in [0.2, 0.25) is 11.8 Å². The van der Waals surface area contributed by atoms with E-state index in [0.29, 0.717) is 13.1 Å². The quantitative estimate of drug-likeness (QED) is 0.591. The number of hydrogen-bond donors (Lipinski definition) is 2. The number of aryl methyl sites for hydroxylation is 1. The van der Waals surface area contributed by atoms with Crippen molar-refractivity contribution in [3.63, 3.8) is 0 Å². The first-order valence-corrected chi connectivity index (χ1v) is 13.1. The lowest BCUT2D eigenvalue weighted by Crippen LogP contribution is -2.50. The van der Waals surface area contributed by atoms with Gasteiger partial charge in [-0.3, -0.25) is 19.4 Å². The van der Waals surface area contributed by atoms with Crippen LogP contribution in [0, 0.1) is 13.8 Å². The van der Waals surface area contributed by atoms with E-state index >= 15 is 0 Å². The number of likely N-dealkylation sites (N-methyl/N-ethyl adjacent to an activating group) is 1. The highest BCUT2D eigenvalue weighted by atomic mass is 16.2. The molecule has 0 spiro atoms. The molecule has 0 saturated carbocycles. The number of nitrogens with zero attached hydrogens (tertiary/aromatic N) is 4. The summed E-state index contributed by atoms with van der Waals surface area (Å²) in [5.41, 5.74) is 5.19. The molecule has 2 aliphatic rings. The second-order valence-electron chi connectivity index (χ2n) is 9.86. The SMILES string of the molecule is CCN1CCN(c2ccc(NC(=O)CN3CCN(CC(=O)Nc4cccc(C)c4C)CC3)cc2)CC1. The van der Waals surface area contributed by atoms with Crippen molar-refractivity contribution >= 4 is 28.9 Å². The van der Waals surface area contributed by atoms with Crippen LogP contribution in [0.4, 0.5) is 17.1 Å². The highest BCUT2D eigenvalue weighted by Gasteiger charge is 2.21. The Morgan fingerprint density at radius 1 is 0.722 bits per heavy atom. The van der Waals surface area contributed by atoms with Crippen molar-refractivity contribution in [3.05, 3.63) is 53.6 Å². The average molecular weight is 493 g/mol. The summed E-state index contributed by atoms with van der Waals surface area (Å²) >= 11 is 0. The van der Waals surface area contributed by atoms with Crippen molar-refractivity contribution < 1.29 is 9.59 Å². The van der Waals surface area contributed by atoms with Gasteiger partial charge >= 0.3 is 0 Å². The second-order valence-corrected chi connectivity index (χ2v) is 9.86. The fourth-order valence-electron chi connectivity index (χ4n) is 4.87. The molecule has 2 amide bonds. The number of nitrogens with one attached hydrogen (secondary N) is 2. The summed E-state index contributed by atoms with van der Waals surface area (Å²) in [5, 5.41) is 6.07. The van der Waals surface area contributed by atoms with Gasteiger partial charge in [0.05, 0.1) is 13.1 Å². The van der Waals surface area contributed by atoms with Crippen LogP contribution in [-0.2, 0) is 9.59 Å². The van der Waals surface area contributed by atoms with Gasteiger partial charge in [-0.2, -0.15) is 0 Å². The Labute approximate surface area is 215 Å². The van der Waals surface area contributed by atoms with Gasteiger partial charge < -0.3 is 20.4 Å². The minimum absolute atomic E-state index is 0.000394. The summed E-state index contributed by atoms with van der Waals surface area (Å²) in [6.45, 7) is 15.5. The van der Waals surface area contributed by atoms with E-state index in [1.165, 1.54) is 11.3 Å². The first-order valence-electron chi connectivity index (χ1n) is 13.1. The third-order valence-electron chi connectivity index (χ3n) is 7.41. The summed E-state index contributed by atoms with van der Waals surface area (Å²) in [6.07, 6.45) is 0. The minimum Gasteiger partial charge on any atom is -0.369 e. The van der Waals surface area contributed by atoms with Crippen molar-refractivity contribution in [3.8, 4) is 0 Å². The molecule has 4 rings (SSSR count). The number of carbonyl (C=O) groups excluding carboxylic acids is 2. The highest BCUT2D eigenvalue weighted by Crippen LogP contribution is 2.20. The maximum atomic E-state index is 12.6. The topological polar surface area (TPSA) is 71.2 Å². The van der Waals surface area contributed by atoms with E-state index < -0.39 is 0 Å². The van der Waals surface area contributed by atoms with Crippen molar-refractivity contribution in [2.24, 2.45) is 0 Å². The van der Waals surface area contributed by atoms with E-state index in [2.05, 4.69) is 49.3 Å². The lowest BCUT2D eigenvalue weighted by Gasteiger charge is -2.35. The van der Waals surface area contributed by atoms with Crippen LogP contribution in [0.25, 0.3) is 0 Å². The number of rotatable bonds is 8. The van der Waals surface area contributed by atoms with Gasteiger partial charge in [0.1, 0.15) is 0 Å². The van der Waals surface area contributed by atoms with Gasteiger partial charge in [-0.15, -0.1) is 0 Å². The van der Waals surface area contributed by atoms with Gasteiger partial charge in [0.25, 0.3) is 0 Å². The summed E-state index contributed by atoms with van der Waals surface area (Å²) in [4.78, 5) is 34.3. The zero-order valence-corrected chi connectivity index (χ0v) is 21.9.